The van der Waals surface area contributed by atoms with Gasteiger partial charge in [0.05, 0.1) is 18.0 Å². The van der Waals surface area contributed by atoms with Gasteiger partial charge in [-0.05, 0) is 30.9 Å². The lowest BCUT2D eigenvalue weighted by Crippen LogP contribution is -2.44. The zero-order valence-corrected chi connectivity index (χ0v) is 12.1. The van der Waals surface area contributed by atoms with E-state index >= 15 is 0 Å². The Hall–Kier alpha value is -1.07. The molecule has 1 aliphatic rings. The van der Waals surface area contributed by atoms with Crippen LogP contribution in [0.1, 0.15) is 24.8 Å². The zero-order valence-electron chi connectivity index (χ0n) is 11.3. The van der Waals surface area contributed by atoms with Crippen LogP contribution in [0.15, 0.2) is 24.3 Å². The lowest BCUT2D eigenvalue weighted by atomic mass is 9.92. The molecule has 1 aromatic rings. The van der Waals surface area contributed by atoms with Crippen molar-refractivity contribution in [2.75, 3.05) is 13.4 Å². The number of sulfone groups is 1. The van der Waals surface area contributed by atoms with E-state index in [9.17, 15) is 13.5 Å². The van der Waals surface area contributed by atoms with E-state index in [4.69, 9.17) is 4.74 Å². The van der Waals surface area contributed by atoms with Crippen molar-refractivity contribution in [3.05, 3.63) is 29.8 Å². The monoisotopic (exact) mass is 284 g/mol. The molecule has 0 spiro atoms. The van der Waals surface area contributed by atoms with Crippen molar-refractivity contribution in [2.24, 2.45) is 0 Å². The van der Waals surface area contributed by atoms with Gasteiger partial charge in [-0.25, -0.2) is 8.42 Å². The second-order valence-electron chi connectivity index (χ2n) is 5.30. The van der Waals surface area contributed by atoms with Gasteiger partial charge in [0.25, 0.3) is 0 Å². The van der Waals surface area contributed by atoms with E-state index in [0.717, 1.165) is 12.0 Å². The molecule has 0 aromatic heterocycles. The SMILES string of the molecule is COc1ccccc1CC1(O)CCCC1S(C)(=O)=O. The molecule has 0 saturated heterocycles. The molecule has 0 radical (unpaired) electrons. The van der Waals surface area contributed by atoms with E-state index in [1.165, 1.54) is 6.26 Å². The predicted molar refractivity (Wildman–Crippen MR) is 74.1 cm³/mol. The van der Waals surface area contributed by atoms with Gasteiger partial charge in [0.2, 0.25) is 0 Å². The van der Waals surface area contributed by atoms with Crippen molar-refractivity contribution >= 4 is 9.84 Å². The van der Waals surface area contributed by atoms with Crippen molar-refractivity contribution in [2.45, 2.75) is 36.5 Å². The number of aliphatic hydroxyl groups is 1. The Balaban J connectivity index is 2.31. The fourth-order valence-corrected chi connectivity index (χ4v) is 4.61. The highest BCUT2D eigenvalue weighted by Gasteiger charge is 2.47. The normalized spacial score (nSPS) is 27.4. The van der Waals surface area contributed by atoms with Crippen LogP contribution in [-0.4, -0.2) is 37.7 Å². The molecule has 0 aliphatic heterocycles. The smallest absolute Gasteiger partial charge is 0.153 e. The summed E-state index contributed by atoms with van der Waals surface area (Å²) in [6.07, 6.45) is 3.31. The minimum Gasteiger partial charge on any atom is -0.496 e. The van der Waals surface area contributed by atoms with Crippen molar-refractivity contribution in [3.8, 4) is 5.75 Å². The maximum Gasteiger partial charge on any atom is 0.153 e. The minimum atomic E-state index is -3.24. The summed E-state index contributed by atoms with van der Waals surface area (Å²) in [4.78, 5) is 0. The lowest BCUT2D eigenvalue weighted by Gasteiger charge is -2.29. The third-order valence-corrected chi connectivity index (χ3v) is 5.59. The van der Waals surface area contributed by atoms with Crippen molar-refractivity contribution in [1.82, 2.24) is 0 Å². The first-order valence-corrected chi connectivity index (χ1v) is 8.35. The Morgan fingerprint density at radius 2 is 2.11 bits per heavy atom. The van der Waals surface area contributed by atoms with Crippen LogP contribution >= 0.6 is 0 Å². The number of rotatable bonds is 4. The first-order valence-electron chi connectivity index (χ1n) is 6.40. The summed E-state index contributed by atoms with van der Waals surface area (Å²) >= 11 is 0. The number of hydrogen-bond donors (Lipinski definition) is 1. The molecular weight excluding hydrogens is 264 g/mol. The second kappa shape index (κ2) is 5.13. The quantitative estimate of drug-likeness (QED) is 0.911. The highest BCUT2D eigenvalue weighted by Crippen LogP contribution is 2.38. The Kier molecular flexibility index (Phi) is 3.87. The first-order chi connectivity index (χ1) is 8.87. The first kappa shape index (κ1) is 14.3. The third-order valence-electron chi connectivity index (χ3n) is 3.88. The number of para-hydroxylation sites is 1. The summed E-state index contributed by atoms with van der Waals surface area (Å²) in [5.74, 6) is 0.690. The molecule has 2 unspecified atom stereocenters. The molecule has 19 heavy (non-hydrogen) atoms. The van der Waals surface area contributed by atoms with E-state index < -0.39 is 20.7 Å². The molecule has 2 rings (SSSR count). The van der Waals surface area contributed by atoms with Crippen LogP contribution in [0.4, 0.5) is 0 Å². The average Bonchev–Trinajstić information content (AvgIpc) is 2.71. The molecule has 0 amide bonds. The molecule has 1 aromatic carbocycles. The molecule has 1 fully saturated rings. The molecule has 4 nitrogen and oxygen atoms in total. The largest absolute Gasteiger partial charge is 0.496 e. The van der Waals surface area contributed by atoms with Crippen LogP contribution in [-0.2, 0) is 16.3 Å². The van der Waals surface area contributed by atoms with Crippen LogP contribution in [0.5, 0.6) is 5.75 Å². The summed E-state index contributed by atoms with van der Waals surface area (Å²) in [6.45, 7) is 0. The molecule has 1 N–H and O–H groups in total. The van der Waals surface area contributed by atoms with Gasteiger partial charge in [0.1, 0.15) is 5.75 Å². The molecule has 0 heterocycles. The number of hydrogen-bond acceptors (Lipinski definition) is 4. The van der Waals surface area contributed by atoms with E-state index in [1.807, 2.05) is 24.3 Å². The van der Waals surface area contributed by atoms with Crippen LogP contribution in [0, 0.1) is 0 Å². The molecular formula is C14H20O4S. The zero-order chi connectivity index (χ0) is 14.1. The summed E-state index contributed by atoms with van der Waals surface area (Å²) in [6, 6.07) is 7.41. The van der Waals surface area contributed by atoms with Crippen molar-refractivity contribution in [3.63, 3.8) is 0 Å². The fraction of sp³-hybridized carbons (Fsp3) is 0.571. The Bertz CT molecular complexity index is 552. The van der Waals surface area contributed by atoms with E-state index in [-0.39, 0.29) is 0 Å². The van der Waals surface area contributed by atoms with Gasteiger partial charge >= 0.3 is 0 Å². The van der Waals surface area contributed by atoms with E-state index in [2.05, 4.69) is 0 Å². The lowest BCUT2D eigenvalue weighted by molar-refractivity contribution is 0.0507. The Labute approximate surface area is 114 Å². The predicted octanol–water partition coefficient (Wildman–Crippen LogP) is 1.57. The van der Waals surface area contributed by atoms with Crippen LogP contribution in [0.3, 0.4) is 0 Å². The minimum absolute atomic E-state index is 0.314. The summed E-state index contributed by atoms with van der Waals surface area (Å²) in [5.41, 5.74) is -0.328. The second-order valence-corrected chi connectivity index (χ2v) is 7.53. The molecule has 2 atom stereocenters. The average molecular weight is 284 g/mol. The van der Waals surface area contributed by atoms with Gasteiger partial charge in [-0.15, -0.1) is 0 Å². The van der Waals surface area contributed by atoms with Gasteiger partial charge in [-0.2, -0.15) is 0 Å². The molecule has 1 aliphatic carbocycles. The van der Waals surface area contributed by atoms with Crippen LogP contribution < -0.4 is 4.74 Å². The van der Waals surface area contributed by atoms with E-state index in [1.54, 1.807) is 7.11 Å². The highest BCUT2D eigenvalue weighted by atomic mass is 32.2. The molecule has 0 bridgehead atoms. The molecule has 5 heteroatoms. The van der Waals surface area contributed by atoms with Crippen LogP contribution in [0.25, 0.3) is 0 Å². The Morgan fingerprint density at radius 1 is 1.42 bits per heavy atom. The van der Waals surface area contributed by atoms with E-state index in [0.29, 0.717) is 25.0 Å². The summed E-state index contributed by atoms with van der Waals surface area (Å²) < 4.78 is 28.9. The Morgan fingerprint density at radius 3 is 2.74 bits per heavy atom. The highest BCUT2D eigenvalue weighted by molar-refractivity contribution is 7.91. The van der Waals surface area contributed by atoms with Gasteiger partial charge in [-0.3, -0.25) is 0 Å². The maximum absolute atomic E-state index is 11.8. The number of ether oxygens (including phenoxy) is 1. The van der Waals surface area contributed by atoms with Gasteiger partial charge < -0.3 is 9.84 Å². The standard InChI is InChI=1S/C14H20O4S/c1-18-12-7-4-3-6-11(12)10-14(15)9-5-8-13(14)19(2,16)17/h3-4,6-7,13,15H,5,8-10H2,1-2H3. The molecule has 1 saturated carbocycles. The van der Waals surface area contributed by atoms with Gasteiger partial charge in [0.15, 0.2) is 9.84 Å². The van der Waals surface area contributed by atoms with Crippen molar-refractivity contribution < 1.29 is 18.3 Å². The number of methoxy groups -OCH3 is 1. The maximum atomic E-state index is 11.8. The topological polar surface area (TPSA) is 63.6 Å². The third kappa shape index (κ3) is 2.92. The number of benzene rings is 1. The summed E-state index contributed by atoms with van der Waals surface area (Å²) in [7, 11) is -1.67. The van der Waals surface area contributed by atoms with Crippen molar-refractivity contribution in [1.29, 1.82) is 0 Å². The molecule has 106 valence electrons. The van der Waals surface area contributed by atoms with Gasteiger partial charge in [-0.1, -0.05) is 18.2 Å². The summed E-state index contributed by atoms with van der Waals surface area (Å²) in [5, 5.41) is 10.0. The fourth-order valence-electron chi connectivity index (χ4n) is 3.02. The van der Waals surface area contributed by atoms with Crippen LogP contribution in [0.2, 0.25) is 0 Å². The van der Waals surface area contributed by atoms with Gasteiger partial charge in [0, 0.05) is 12.7 Å².